The van der Waals surface area contributed by atoms with E-state index in [-0.39, 0.29) is 42.2 Å². The topological polar surface area (TPSA) is 87.2 Å². The van der Waals surface area contributed by atoms with Crippen molar-refractivity contribution in [2.24, 2.45) is 5.92 Å². The third kappa shape index (κ3) is 6.23. The van der Waals surface area contributed by atoms with E-state index in [0.717, 1.165) is 12.8 Å². The highest BCUT2D eigenvalue weighted by Gasteiger charge is 2.38. The zero-order valence-corrected chi connectivity index (χ0v) is 21.6. The summed E-state index contributed by atoms with van der Waals surface area (Å²) in [4.78, 5) is 14.6. The van der Waals surface area contributed by atoms with Crippen molar-refractivity contribution in [1.29, 1.82) is 0 Å². The highest BCUT2D eigenvalue weighted by molar-refractivity contribution is 7.89. The largest absolute Gasteiger partial charge is 0.487 e. The van der Waals surface area contributed by atoms with Gasteiger partial charge in [-0.2, -0.15) is 4.31 Å². The van der Waals surface area contributed by atoms with Crippen LogP contribution in [0, 0.1) is 17.8 Å². The Kier molecular flexibility index (Phi) is 8.95. The van der Waals surface area contributed by atoms with E-state index in [0.29, 0.717) is 11.1 Å². The van der Waals surface area contributed by atoms with E-state index in [2.05, 4.69) is 11.8 Å². The molecular weight excluding hydrogens is 464 g/mol. The molecule has 0 saturated carbocycles. The standard InChI is InChI=1S/C27H34N2O5S/c1-5-6-8-11-22-14-15-26-24(16-22)34-25(18-28(4)27(31)23-12-9-7-10-13-23)20(2)17-29(21(3)19-30)35(26,32)33/h7,9-10,12-16,20-21,25,30H,5-6,17-19H2,1-4H3/t20-,21-,25-/m0/s1. The van der Waals surface area contributed by atoms with Crippen molar-refractivity contribution in [2.45, 2.75) is 50.7 Å². The Labute approximate surface area is 208 Å². The lowest BCUT2D eigenvalue weighted by Crippen LogP contribution is -2.50. The molecule has 1 heterocycles. The molecule has 3 rings (SSSR count). The summed E-state index contributed by atoms with van der Waals surface area (Å²) in [6.07, 6.45) is 1.19. The van der Waals surface area contributed by atoms with E-state index < -0.39 is 22.2 Å². The molecule has 2 aromatic rings. The highest BCUT2D eigenvalue weighted by atomic mass is 32.2. The maximum atomic E-state index is 13.6. The van der Waals surface area contributed by atoms with Gasteiger partial charge in [0.2, 0.25) is 10.0 Å². The Morgan fingerprint density at radius 2 is 1.97 bits per heavy atom. The molecule has 0 radical (unpaired) electrons. The van der Waals surface area contributed by atoms with Gasteiger partial charge in [-0.1, -0.05) is 43.9 Å². The molecule has 1 aliphatic rings. The maximum absolute atomic E-state index is 13.6. The van der Waals surface area contributed by atoms with Crippen molar-refractivity contribution in [3.8, 4) is 17.6 Å². The molecule has 8 heteroatoms. The molecule has 0 fully saturated rings. The van der Waals surface area contributed by atoms with Gasteiger partial charge in [0.15, 0.2) is 0 Å². The first-order valence-corrected chi connectivity index (χ1v) is 13.4. The van der Waals surface area contributed by atoms with Gasteiger partial charge in [-0.05, 0) is 43.7 Å². The molecular formula is C27H34N2O5S. The monoisotopic (exact) mass is 498 g/mol. The zero-order valence-electron chi connectivity index (χ0n) is 20.8. The molecule has 1 aliphatic heterocycles. The normalized spacial score (nSPS) is 20.3. The minimum absolute atomic E-state index is 0.0350. The van der Waals surface area contributed by atoms with Crippen LogP contribution in [0.2, 0.25) is 0 Å². The number of rotatable bonds is 6. The summed E-state index contributed by atoms with van der Waals surface area (Å²) in [6, 6.07) is 13.2. The van der Waals surface area contributed by atoms with Crippen LogP contribution < -0.4 is 4.74 Å². The van der Waals surface area contributed by atoms with E-state index in [9.17, 15) is 18.3 Å². The van der Waals surface area contributed by atoms with Crippen molar-refractivity contribution >= 4 is 15.9 Å². The van der Waals surface area contributed by atoms with Gasteiger partial charge >= 0.3 is 0 Å². The van der Waals surface area contributed by atoms with E-state index in [4.69, 9.17) is 4.74 Å². The third-order valence-electron chi connectivity index (χ3n) is 6.10. The molecule has 1 amide bonds. The van der Waals surface area contributed by atoms with Crippen LogP contribution >= 0.6 is 0 Å². The molecule has 35 heavy (non-hydrogen) atoms. The number of aliphatic hydroxyl groups excluding tert-OH is 1. The quantitative estimate of drug-likeness (QED) is 0.617. The number of hydrogen-bond acceptors (Lipinski definition) is 5. The molecule has 2 aromatic carbocycles. The van der Waals surface area contributed by atoms with E-state index >= 15 is 0 Å². The van der Waals surface area contributed by atoms with Crippen LogP contribution in [-0.4, -0.2) is 67.5 Å². The molecule has 0 aromatic heterocycles. The van der Waals surface area contributed by atoms with Crippen molar-refractivity contribution in [3.05, 3.63) is 59.7 Å². The number of carbonyl (C=O) groups excluding carboxylic acids is 1. The summed E-state index contributed by atoms with van der Waals surface area (Å²) in [5.74, 6) is 5.95. The fourth-order valence-electron chi connectivity index (χ4n) is 3.96. The number of nitrogens with zero attached hydrogens (tertiary/aromatic N) is 2. The van der Waals surface area contributed by atoms with Crippen molar-refractivity contribution in [3.63, 3.8) is 0 Å². The minimum atomic E-state index is -3.92. The number of amides is 1. The number of carbonyl (C=O) groups is 1. The Morgan fingerprint density at radius 1 is 1.26 bits per heavy atom. The van der Waals surface area contributed by atoms with Gasteiger partial charge in [-0.25, -0.2) is 8.42 Å². The van der Waals surface area contributed by atoms with Crippen molar-refractivity contribution in [2.75, 3.05) is 26.7 Å². The number of benzene rings is 2. The molecule has 0 bridgehead atoms. The van der Waals surface area contributed by atoms with Gasteiger partial charge in [0.05, 0.1) is 13.2 Å². The summed E-state index contributed by atoms with van der Waals surface area (Å²) >= 11 is 0. The van der Waals surface area contributed by atoms with E-state index in [1.54, 1.807) is 43.1 Å². The number of likely N-dealkylation sites (N-methyl/N-ethyl adjacent to an activating group) is 1. The first-order valence-electron chi connectivity index (χ1n) is 11.9. The molecule has 0 saturated heterocycles. The highest BCUT2D eigenvalue weighted by Crippen LogP contribution is 2.34. The molecule has 3 atom stereocenters. The fourth-order valence-corrected chi connectivity index (χ4v) is 5.79. The van der Waals surface area contributed by atoms with E-state index in [1.807, 2.05) is 32.0 Å². The average Bonchev–Trinajstić information content (AvgIpc) is 2.85. The average molecular weight is 499 g/mol. The lowest BCUT2D eigenvalue weighted by Gasteiger charge is -2.37. The second kappa shape index (κ2) is 11.7. The predicted octanol–water partition coefficient (Wildman–Crippen LogP) is 3.38. The number of unbranched alkanes of at least 4 members (excludes halogenated alkanes) is 1. The smallest absolute Gasteiger partial charge is 0.253 e. The minimum Gasteiger partial charge on any atom is -0.487 e. The Morgan fingerprint density at radius 3 is 2.63 bits per heavy atom. The Balaban J connectivity index is 2.01. The summed E-state index contributed by atoms with van der Waals surface area (Å²) in [6.45, 7) is 5.73. The van der Waals surface area contributed by atoms with Crippen molar-refractivity contribution < 1.29 is 23.1 Å². The SMILES string of the molecule is CCCC#Cc1ccc2c(c1)O[C@@H](CN(C)C(=O)c1ccccc1)[C@@H](C)CN([C@@H](C)CO)S2(=O)=O. The van der Waals surface area contributed by atoms with Gasteiger partial charge in [0, 0.05) is 43.1 Å². The molecule has 188 valence electrons. The van der Waals surface area contributed by atoms with Crippen LogP contribution in [0.3, 0.4) is 0 Å². The van der Waals surface area contributed by atoms with Gasteiger partial charge in [0.25, 0.3) is 5.91 Å². The molecule has 0 aliphatic carbocycles. The fraction of sp³-hybridized carbons (Fsp3) is 0.444. The maximum Gasteiger partial charge on any atom is 0.253 e. The van der Waals surface area contributed by atoms with Gasteiger partial charge in [0.1, 0.15) is 16.7 Å². The molecule has 0 spiro atoms. The first-order chi connectivity index (χ1) is 16.7. The number of ether oxygens (including phenoxy) is 1. The van der Waals surface area contributed by atoms with Gasteiger partial charge in [-0.15, -0.1) is 0 Å². The van der Waals surface area contributed by atoms with Crippen LogP contribution in [0.25, 0.3) is 0 Å². The van der Waals surface area contributed by atoms with Crippen LogP contribution in [0.4, 0.5) is 0 Å². The number of sulfonamides is 1. The predicted molar refractivity (Wildman–Crippen MR) is 136 cm³/mol. The molecule has 0 unspecified atom stereocenters. The van der Waals surface area contributed by atoms with Crippen LogP contribution in [0.15, 0.2) is 53.4 Å². The molecule has 1 N–H and O–H groups in total. The number of aliphatic hydroxyl groups is 1. The van der Waals surface area contributed by atoms with Gasteiger partial charge in [-0.3, -0.25) is 4.79 Å². The van der Waals surface area contributed by atoms with Crippen molar-refractivity contribution in [1.82, 2.24) is 9.21 Å². The Hall–Kier alpha value is -2.86. The van der Waals surface area contributed by atoms with Crippen LogP contribution in [-0.2, 0) is 10.0 Å². The van der Waals surface area contributed by atoms with Gasteiger partial charge < -0.3 is 14.7 Å². The third-order valence-corrected chi connectivity index (χ3v) is 8.12. The number of hydrogen-bond donors (Lipinski definition) is 1. The van der Waals surface area contributed by atoms with E-state index in [1.165, 1.54) is 10.4 Å². The number of fused-ring (bicyclic) bond motifs is 1. The van der Waals surface area contributed by atoms with Crippen LogP contribution in [0.1, 0.15) is 49.5 Å². The first kappa shape index (κ1) is 26.7. The summed E-state index contributed by atoms with van der Waals surface area (Å²) in [7, 11) is -2.21. The lowest BCUT2D eigenvalue weighted by molar-refractivity contribution is 0.0563. The molecule has 7 nitrogen and oxygen atoms in total. The lowest BCUT2D eigenvalue weighted by atomic mass is 10.0. The summed E-state index contributed by atoms with van der Waals surface area (Å²) < 4.78 is 34.7. The summed E-state index contributed by atoms with van der Waals surface area (Å²) in [5, 5.41) is 9.78. The Bertz CT molecular complexity index is 1190. The second-order valence-electron chi connectivity index (χ2n) is 9.00. The zero-order chi connectivity index (χ0) is 25.6. The second-order valence-corrected chi connectivity index (χ2v) is 10.9. The summed E-state index contributed by atoms with van der Waals surface area (Å²) in [5.41, 5.74) is 1.23. The van der Waals surface area contributed by atoms with Crippen LogP contribution in [0.5, 0.6) is 5.75 Å².